The number of fused-ring (bicyclic) bond motifs is 1. The van der Waals surface area contributed by atoms with E-state index in [1.807, 2.05) is 27.1 Å². The standard InChI is InChI=1S/C17H29N5O3S/c1-13-6-7-15(26(23,24)25)14(10-13)17-19(4)11-16(2,3)12-20(5)22(17)9-8-21(17)18/h6-7,10H,8-9,11-12,18H2,1-5H3,(H,23,24,25). The van der Waals surface area contributed by atoms with Gasteiger partial charge in [-0.05, 0) is 31.5 Å². The van der Waals surface area contributed by atoms with E-state index >= 15 is 0 Å². The molecule has 2 fully saturated rings. The van der Waals surface area contributed by atoms with E-state index in [9.17, 15) is 13.0 Å². The molecule has 1 atom stereocenters. The molecule has 0 saturated carbocycles. The summed E-state index contributed by atoms with van der Waals surface area (Å²) < 4.78 is 34.2. The Morgan fingerprint density at radius 1 is 1.15 bits per heavy atom. The summed E-state index contributed by atoms with van der Waals surface area (Å²) >= 11 is 0. The first-order valence-corrected chi connectivity index (χ1v) is 10.1. The summed E-state index contributed by atoms with van der Waals surface area (Å²) in [5.74, 6) is 5.49. The molecule has 0 bridgehead atoms. The average Bonchev–Trinajstić information content (AvgIpc) is 2.79. The molecule has 2 heterocycles. The molecular formula is C17H29N5O3S. The van der Waals surface area contributed by atoms with Gasteiger partial charge in [-0.25, -0.2) is 15.0 Å². The van der Waals surface area contributed by atoms with Gasteiger partial charge in [0.2, 0.25) is 0 Å². The highest BCUT2D eigenvalue weighted by atomic mass is 32.2. The fourth-order valence-corrected chi connectivity index (χ4v) is 5.34. The lowest BCUT2D eigenvalue weighted by Gasteiger charge is -2.49. The lowest BCUT2D eigenvalue weighted by atomic mass is 9.92. The first kappa shape index (κ1) is 19.7. The van der Waals surface area contributed by atoms with Crippen molar-refractivity contribution in [3.63, 3.8) is 0 Å². The van der Waals surface area contributed by atoms with Crippen molar-refractivity contribution in [3.8, 4) is 0 Å². The summed E-state index contributed by atoms with van der Waals surface area (Å²) in [7, 11) is -0.451. The van der Waals surface area contributed by atoms with Crippen LogP contribution in [0.4, 0.5) is 0 Å². The Balaban J connectivity index is 2.33. The first-order valence-electron chi connectivity index (χ1n) is 8.70. The van der Waals surface area contributed by atoms with E-state index in [2.05, 4.69) is 28.8 Å². The summed E-state index contributed by atoms with van der Waals surface area (Å²) in [6.45, 7) is 9.01. The second kappa shape index (κ2) is 6.23. The maximum atomic E-state index is 12.1. The number of aryl methyl sites for hydroxylation is 1. The molecule has 0 radical (unpaired) electrons. The van der Waals surface area contributed by atoms with Gasteiger partial charge in [-0.3, -0.25) is 15.3 Å². The van der Waals surface area contributed by atoms with E-state index in [0.717, 1.165) is 12.1 Å². The van der Waals surface area contributed by atoms with Crippen LogP contribution in [0.2, 0.25) is 0 Å². The van der Waals surface area contributed by atoms with Gasteiger partial charge in [0.05, 0.1) is 0 Å². The van der Waals surface area contributed by atoms with Crippen molar-refractivity contribution in [2.75, 3.05) is 40.3 Å². The van der Waals surface area contributed by atoms with Crippen LogP contribution in [-0.4, -0.2) is 73.2 Å². The molecule has 9 heteroatoms. The monoisotopic (exact) mass is 383 g/mol. The molecule has 1 aromatic carbocycles. The molecule has 1 unspecified atom stereocenters. The Hall–Kier alpha value is -1.07. The molecule has 2 aliphatic heterocycles. The van der Waals surface area contributed by atoms with Crippen molar-refractivity contribution >= 4 is 10.1 Å². The van der Waals surface area contributed by atoms with Crippen LogP contribution < -0.4 is 5.84 Å². The summed E-state index contributed by atoms with van der Waals surface area (Å²) in [6, 6.07) is 4.96. The maximum absolute atomic E-state index is 12.1. The normalized spacial score (nSPS) is 28.9. The molecule has 8 nitrogen and oxygen atoms in total. The molecule has 3 N–H and O–H groups in total. The number of hydrazine groups is 2. The van der Waals surface area contributed by atoms with Gasteiger partial charge in [0, 0.05) is 38.8 Å². The Morgan fingerprint density at radius 3 is 2.42 bits per heavy atom. The Labute approximate surface area is 155 Å². The lowest BCUT2D eigenvalue weighted by molar-refractivity contribution is -0.187. The van der Waals surface area contributed by atoms with E-state index in [0.29, 0.717) is 25.2 Å². The molecule has 2 aliphatic rings. The largest absolute Gasteiger partial charge is 0.294 e. The van der Waals surface area contributed by atoms with Crippen LogP contribution in [0.15, 0.2) is 23.1 Å². The average molecular weight is 384 g/mol. The van der Waals surface area contributed by atoms with Crippen molar-refractivity contribution in [1.29, 1.82) is 0 Å². The smallest absolute Gasteiger partial charge is 0.282 e. The molecule has 0 aliphatic carbocycles. The molecule has 0 spiro atoms. The number of nitrogens with zero attached hydrogens (tertiary/aromatic N) is 4. The second-order valence-electron chi connectivity index (χ2n) is 8.26. The number of rotatable bonds is 2. The van der Waals surface area contributed by atoms with Gasteiger partial charge < -0.3 is 0 Å². The zero-order valence-electron chi connectivity index (χ0n) is 16.1. The molecule has 146 valence electrons. The number of nitrogens with two attached hydrogens (primary N) is 1. The molecule has 0 aromatic heterocycles. The van der Waals surface area contributed by atoms with Gasteiger partial charge in [0.1, 0.15) is 4.90 Å². The van der Waals surface area contributed by atoms with Crippen LogP contribution >= 0.6 is 0 Å². The van der Waals surface area contributed by atoms with E-state index in [4.69, 9.17) is 5.84 Å². The summed E-state index contributed by atoms with van der Waals surface area (Å²) in [6.07, 6.45) is 0. The molecule has 1 aromatic rings. The van der Waals surface area contributed by atoms with Gasteiger partial charge in [0.25, 0.3) is 10.1 Å². The second-order valence-corrected chi connectivity index (χ2v) is 9.65. The molecule has 2 saturated heterocycles. The van der Waals surface area contributed by atoms with E-state index in [1.165, 1.54) is 6.07 Å². The third-order valence-electron chi connectivity index (χ3n) is 5.35. The minimum Gasteiger partial charge on any atom is -0.282 e. The van der Waals surface area contributed by atoms with Gasteiger partial charge in [-0.1, -0.05) is 25.5 Å². The van der Waals surface area contributed by atoms with Crippen LogP contribution in [0.25, 0.3) is 0 Å². The molecule has 26 heavy (non-hydrogen) atoms. The van der Waals surface area contributed by atoms with E-state index in [-0.39, 0.29) is 10.3 Å². The summed E-state index contributed by atoms with van der Waals surface area (Å²) in [5, 5.41) is 5.89. The molecule has 3 rings (SSSR count). The topological polar surface area (TPSA) is 93.3 Å². The SMILES string of the molecule is Cc1ccc(S(=O)(=O)O)c(C23N(C)CC(C)(C)CN(C)N2CCN3N)c1. The predicted molar refractivity (Wildman–Crippen MR) is 99.3 cm³/mol. The third kappa shape index (κ3) is 2.97. The zero-order chi connectivity index (χ0) is 19.5. The lowest BCUT2D eigenvalue weighted by Crippen LogP contribution is -2.65. The maximum Gasteiger partial charge on any atom is 0.294 e. The summed E-state index contributed by atoms with van der Waals surface area (Å²) in [4.78, 5) is 1.98. The van der Waals surface area contributed by atoms with Crippen molar-refractivity contribution < 1.29 is 13.0 Å². The van der Waals surface area contributed by atoms with Crippen LogP contribution in [0, 0.1) is 12.3 Å². The van der Waals surface area contributed by atoms with Crippen LogP contribution in [0.1, 0.15) is 25.0 Å². The van der Waals surface area contributed by atoms with Gasteiger partial charge in [-0.2, -0.15) is 8.42 Å². The van der Waals surface area contributed by atoms with Gasteiger partial charge in [-0.15, -0.1) is 0 Å². The highest BCUT2D eigenvalue weighted by molar-refractivity contribution is 7.85. The highest BCUT2D eigenvalue weighted by Gasteiger charge is 2.57. The minimum absolute atomic E-state index is 0.0240. The number of hydrogen-bond donors (Lipinski definition) is 2. The van der Waals surface area contributed by atoms with Crippen molar-refractivity contribution in [3.05, 3.63) is 29.3 Å². The quantitative estimate of drug-likeness (QED) is 0.568. The third-order valence-corrected chi connectivity index (χ3v) is 6.27. The van der Waals surface area contributed by atoms with E-state index < -0.39 is 15.9 Å². The van der Waals surface area contributed by atoms with E-state index in [1.54, 1.807) is 11.1 Å². The van der Waals surface area contributed by atoms with Crippen LogP contribution in [0.3, 0.4) is 0 Å². The predicted octanol–water partition coefficient (Wildman–Crippen LogP) is 0.662. The Morgan fingerprint density at radius 2 is 1.81 bits per heavy atom. The Kier molecular flexibility index (Phi) is 4.72. The van der Waals surface area contributed by atoms with Gasteiger partial charge >= 0.3 is 0 Å². The molecular weight excluding hydrogens is 354 g/mol. The van der Waals surface area contributed by atoms with Crippen LogP contribution in [-0.2, 0) is 15.9 Å². The van der Waals surface area contributed by atoms with Gasteiger partial charge in [0.15, 0.2) is 5.79 Å². The molecule has 0 amide bonds. The van der Waals surface area contributed by atoms with Crippen molar-refractivity contribution in [2.24, 2.45) is 11.3 Å². The van der Waals surface area contributed by atoms with Crippen LogP contribution in [0.5, 0.6) is 0 Å². The highest BCUT2D eigenvalue weighted by Crippen LogP contribution is 2.45. The fraction of sp³-hybridized carbons (Fsp3) is 0.647. The summed E-state index contributed by atoms with van der Waals surface area (Å²) in [5.41, 5.74) is 1.36. The first-order chi connectivity index (χ1) is 11.9. The van der Waals surface area contributed by atoms with Crippen molar-refractivity contribution in [2.45, 2.75) is 31.5 Å². The number of benzene rings is 1. The fourth-order valence-electron chi connectivity index (χ4n) is 4.62. The number of hydrogen-bond acceptors (Lipinski definition) is 7. The van der Waals surface area contributed by atoms with Crippen molar-refractivity contribution in [1.82, 2.24) is 19.9 Å². The zero-order valence-corrected chi connectivity index (χ0v) is 16.9. The minimum atomic E-state index is -4.40. The Bertz CT molecular complexity index is 813.